The lowest BCUT2D eigenvalue weighted by molar-refractivity contribution is 0.101. The summed E-state index contributed by atoms with van der Waals surface area (Å²) >= 11 is 0. The Morgan fingerprint density at radius 2 is 1.84 bits per heavy atom. The van der Waals surface area contributed by atoms with E-state index in [1.54, 1.807) is 12.1 Å². The van der Waals surface area contributed by atoms with Crippen molar-refractivity contribution in [2.75, 3.05) is 5.32 Å². The van der Waals surface area contributed by atoms with Gasteiger partial charge in [-0.25, -0.2) is 4.98 Å². The average molecular weight is 500 g/mol. The van der Waals surface area contributed by atoms with Crippen LogP contribution in [-0.4, -0.2) is 35.7 Å². The van der Waals surface area contributed by atoms with Crippen molar-refractivity contribution in [1.29, 1.82) is 5.26 Å². The van der Waals surface area contributed by atoms with Gasteiger partial charge in [-0.05, 0) is 32.4 Å². The molecule has 4 rings (SSSR count). The lowest BCUT2D eigenvalue weighted by Crippen LogP contribution is -2.30. The molecule has 0 unspecified atom stereocenters. The molecule has 0 aliphatic rings. The second kappa shape index (κ2) is 10.0. The highest BCUT2D eigenvalue weighted by Gasteiger charge is 2.33. The highest BCUT2D eigenvalue weighted by Crippen LogP contribution is 2.39. The molecule has 11 heteroatoms. The van der Waals surface area contributed by atoms with Crippen LogP contribution in [0.1, 0.15) is 69.0 Å². The molecule has 2 atom stereocenters. The minimum Gasteiger partial charge on any atom is -0.501 e. The number of hydrogen-bond donors (Lipinski definition) is 2. The van der Waals surface area contributed by atoms with Gasteiger partial charge in [0.15, 0.2) is 5.69 Å². The molecule has 1 amide bonds. The number of rotatable bonds is 6. The van der Waals surface area contributed by atoms with Crippen LogP contribution >= 0.6 is 0 Å². The fourth-order valence-corrected chi connectivity index (χ4v) is 4.33. The molecule has 0 saturated heterocycles. The molecule has 0 saturated carbocycles. The summed E-state index contributed by atoms with van der Waals surface area (Å²) in [5, 5.41) is 26.4. The minimum absolute atomic E-state index is 0.218. The first kappa shape index (κ1) is 25.2. The lowest BCUT2D eigenvalue weighted by Gasteiger charge is -2.27. The van der Waals surface area contributed by atoms with Crippen LogP contribution in [0.2, 0.25) is 0 Å². The highest BCUT2D eigenvalue weighted by atomic mass is 16.5. The van der Waals surface area contributed by atoms with E-state index in [4.69, 9.17) is 9.51 Å². The summed E-state index contributed by atoms with van der Waals surface area (Å²) < 4.78 is 5.91. The number of amides is 1. The molecule has 11 nitrogen and oxygen atoms in total. The number of hydrogen-bond acceptors (Lipinski definition) is 9. The lowest BCUT2D eigenvalue weighted by atomic mass is 9.80. The molecule has 0 aliphatic carbocycles. The Hall–Kier alpha value is -4.85. The molecule has 188 valence electrons. The van der Waals surface area contributed by atoms with Crippen molar-refractivity contribution in [1.82, 2.24) is 24.7 Å². The van der Waals surface area contributed by atoms with E-state index in [0.29, 0.717) is 22.5 Å². The summed E-state index contributed by atoms with van der Waals surface area (Å²) in [5.41, 5.74) is 2.92. The van der Waals surface area contributed by atoms with Crippen LogP contribution in [0.5, 0.6) is 5.75 Å². The molecular formula is C26H25N7O4. The molecule has 0 bridgehead atoms. The topological polar surface area (TPSA) is 160 Å². The van der Waals surface area contributed by atoms with Crippen LogP contribution in [0.15, 0.2) is 46.0 Å². The van der Waals surface area contributed by atoms with E-state index in [9.17, 15) is 20.0 Å². The molecule has 3 aromatic heterocycles. The zero-order valence-corrected chi connectivity index (χ0v) is 21.0. The summed E-state index contributed by atoms with van der Waals surface area (Å²) in [4.78, 5) is 39.8. The predicted molar refractivity (Wildman–Crippen MR) is 133 cm³/mol. The van der Waals surface area contributed by atoms with Crippen molar-refractivity contribution in [3.63, 3.8) is 0 Å². The average Bonchev–Trinajstić information content (AvgIpc) is 3.39. The van der Waals surface area contributed by atoms with E-state index < -0.39 is 34.7 Å². The van der Waals surface area contributed by atoms with Gasteiger partial charge in [0.05, 0.1) is 40.6 Å². The first-order valence-electron chi connectivity index (χ1n) is 11.4. The molecule has 0 radical (unpaired) electrons. The number of carbonyl (C=O) groups is 1. The van der Waals surface area contributed by atoms with Gasteiger partial charge in [-0.2, -0.15) is 5.26 Å². The first-order valence-corrected chi connectivity index (χ1v) is 11.4. The van der Waals surface area contributed by atoms with Gasteiger partial charge in [0.25, 0.3) is 11.5 Å². The number of benzene rings is 1. The Morgan fingerprint density at radius 1 is 1.14 bits per heavy atom. The summed E-state index contributed by atoms with van der Waals surface area (Å²) in [6.45, 7) is 7.39. The normalized spacial score (nSPS) is 12.5. The third kappa shape index (κ3) is 4.69. The Bertz CT molecular complexity index is 1590. The van der Waals surface area contributed by atoms with Crippen molar-refractivity contribution in [3.8, 4) is 11.8 Å². The second-order valence-corrected chi connectivity index (χ2v) is 8.73. The fourth-order valence-electron chi connectivity index (χ4n) is 4.33. The summed E-state index contributed by atoms with van der Waals surface area (Å²) in [5.74, 6) is -2.48. The molecule has 0 spiro atoms. The third-order valence-corrected chi connectivity index (χ3v) is 6.34. The van der Waals surface area contributed by atoms with E-state index in [0.717, 1.165) is 11.4 Å². The predicted octanol–water partition coefficient (Wildman–Crippen LogP) is 3.25. The third-order valence-electron chi connectivity index (χ3n) is 6.34. The standard InChI is InChI=1S/C26H25N7O4/c1-13(24-32-22(23(34)26(36)33(24)5)25(35)31-18-11-28-37-12-18)20(19-9-7-6-8-17(19)10-27)21-16(4)29-14(2)15(3)30-21/h6-9,11-13,20,34H,1-5H3,(H,31,35)/t13-,20+/m0/s1. The summed E-state index contributed by atoms with van der Waals surface area (Å²) in [6, 6.07) is 9.36. The van der Waals surface area contributed by atoms with Gasteiger partial charge >= 0.3 is 0 Å². The van der Waals surface area contributed by atoms with Gasteiger partial charge in [0.2, 0.25) is 5.75 Å². The molecule has 37 heavy (non-hydrogen) atoms. The molecule has 1 aromatic carbocycles. The van der Waals surface area contributed by atoms with Crippen molar-refractivity contribution < 1.29 is 14.4 Å². The summed E-state index contributed by atoms with van der Waals surface area (Å²) in [6.07, 6.45) is 2.48. The van der Waals surface area contributed by atoms with E-state index in [1.807, 2.05) is 39.8 Å². The van der Waals surface area contributed by atoms with E-state index >= 15 is 0 Å². The number of nitrogens with one attached hydrogen (secondary N) is 1. The Kier molecular flexibility index (Phi) is 6.84. The van der Waals surface area contributed by atoms with Crippen LogP contribution in [0.25, 0.3) is 0 Å². The van der Waals surface area contributed by atoms with Crippen LogP contribution < -0.4 is 10.9 Å². The van der Waals surface area contributed by atoms with Gasteiger partial charge in [0, 0.05) is 18.9 Å². The molecule has 3 heterocycles. The number of anilines is 1. The minimum atomic E-state index is -0.803. The molecule has 0 fully saturated rings. The maximum atomic E-state index is 13.0. The monoisotopic (exact) mass is 499 g/mol. The maximum Gasteiger partial charge on any atom is 0.296 e. The van der Waals surface area contributed by atoms with Crippen molar-refractivity contribution in [2.45, 2.75) is 39.5 Å². The number of aromatic hydroxyl groups is 1. The molecule has 2 N–H and O–H groups in total. The molecule has 4 aromatic rings. The Labute approximate surface area is 212 Å². The van der Waals surface area contributed by atoms with E-state index in [-0.39, 0.29) is 11.5 Å². The SMILES string of the molecule is Cc1nc(C)c([C@@H](c2ccccc2C#N)[C@H](C)c2nc(C(=O)Nc3cnoc3)c(O)c(=O)n2C)nc1C. The fraction of sp³-hybridized carbons (Fsp3) is 0.269. The van der Waals surface area contributed by atoms with Crippen LogP contribution in [0.4, 0.5) is 5.69 Å². The van der Waals surface area contributed by atoms with Crippen LogP contribution in [0.3, 0.4) is 0 Å². The van der Waals surface area contributed by atoms with Crippen molar-refractivity contribution >= 4 is 11.6 Å². The van der Waals surface area contributed by atoms with E-state index in [2.05, 4.69) is 26.5 Å². The largest absolute Gasteiger partial charge is 0.501 e. The number of aromatic nitrogens is 5. The van der Waals surface area contributed by atoms with Gasteiger partial charge in [-0.3, -0.25) is 24.1 Å². The number of aryl methyl sites for hydroxylation is 3. The number of nitrogens with zero attached hydrogens (tertiary/aromatic N) is 6. The van der Waals surface area contributed by atoms with Crippen LogP contribution in [-0.2, 0) is 7.05 Å². The molecular weight excluding hydrogens is 474 g/mol. The Morgan fingerprint density at radius 3 is 2.51 bits per heavy atom. The first-order chi connectivity index (χ1) is 17.6. The quantitative estimate of drug-likeness (QED) is 0.406. The maximum absolute atomic E-state index is 13.0. The zero-order valence-electron chi connectivity index (χ0n) is 21.0. The van der Waals surface area contributed by atoms with E-state index in [1.165, 1.54) is 24.1 Å². The smallest absolute Gasteiger partial charge is 0.296 e. The highest BCUT2D eigenvalue weighted by molar-refractivity contribution is 6.04. The van der Waals surface area contributed by atoms with Gasteiger partial charge < -0.3 is 14.9 Å². The number of carbonyl (C=O) groups excluding carboxylic acids is 1. The van der Waals surface area contributed by atoms with Gasteiger partial charge in [-0.1, -0.05) is 30.3 Å². The van der Waals surface area contributed by atoms with Gasteiger partial charge in [-0.15, -0.1) is 0 Å². The summed E-state index contributed by atoms with van der Waals surface area (Å²) in [7, 11) is 1.47. The van der Waals surface area contributed by atoms with Crippen molar-refractivity contribution in [3.05, 3.63) is 92.5 Å². The second-order valence-electron chi connectivity index (χ2n) is 8.73. The van der Waals surface area contributed by atoms with Gasteiger partial charge in [0.1, 0.15) is 17.8 Å². The van der Waals surface area contributed by atoms with Crippen LogP contribution in [0, 0.1) is 32.1 Å². The Balaban J connectivity index is 1.92. The van der Waals surface area contributed by atoms with Crippen molar-refractivity contribution in [2.24, 2.45) is 7.05 Å². The number of nitriles is 1. The molecule has 0 aliphatic heterocycles. The zero-order chi connectivity index (χ0) is 26.9.